The van der Waals surface area contributed by atoms with Crippen LogP contribution in [0.25, 0.3) is 38.1 Å². The number of carbonyl (C=O) groups excluding carboxylic acids is 1. The van der Waals surface area contributed by atoms with Gasteiger partial charge >= 0.3 is 0 Å². The summed E-state index contributed by atoms with van der Waals surface area (Å²) in [4.78, 5) is 34.1. The summed E-state index contributed by atoms with van der Waals surface area (Å²) in [6.45, 7) is 2.97. The minimum Gasteiger partial charge on any atom is -0.493 e. The third kappa shape index (κ3) is 4.22. The van der Waals surface area contributed by atoms with Gasteiger partial charge in [0, 0.05) is 41.0 Å². The van der Waals surface area contributed by atoms with Gasteiger partial charge in [-0.05, 0) is 75.0 Å². The van der Waals surface area contributed by atoms with Crippen LogP contribution >= 0.6 is 0 Å². The molecule has 1 amide bonds. The van der Waals surface area contributed by atoms with E-state index in [4.69, 9.17) is 14.2 Å². The van der Waals surface area contributed by atoms with Crippen LogP contribution in [0.1, 0.15) is 32.1 Å². The molecule has 5 heterocycles. The Morgan fingerprint density at radius 1 is 1.00 bits per heavy atom. The van der Waals surface area contributed by atoms with Crippen molar-refractivity contribution in [2.24, 2.45) is 5.92 Å². The van der Waals surface area contributed by atoms with E-state index in [1.165, 1.54) is 45.9 Å². The lowest BCUT2D eigenvalue weighted by molar-refractivity contribution is -0.123. The molecule has 0 unspecified atom stereocenters. The zero-order valence-electron chi connectivity index (χ0n) is 23.4. The highest BCUT2D eigenvalue weighted by Crippen LogP contribution is 2.39. The molecule has 0 radical (unpaired) electrons. The van der Waals surface area contributed by atoms with Crippen LogP contribution in [0, 0.1) is 5.92 Å². The Labute approximate surface area is 237 Å². The quantitative estimate of drug-likeness (QED) is 0.299. The lowest BCUT2D eigenvalue weighted by Gasteiger charge is -2.44. The lowest BCUT2D eigenvalue weighted by Crippen LogP contribution is -2.51. The summed E-state index contributed by atoms with van der Waals surface area (Å²) in [7, 11) is 3.08. The standard InChI is InChI=1S/C32H34N4O5/c1-39-26-11-10-23-28(31(26)40-2)32(38)36-25-16-20(8-9-21(25)22-12-13-33-29(23)30(22)36)41-18-27(37)34-17-19-6-5-15-35-14-4-3-7-24(19)35/h8-13,16,19,24H,3-7,14-15,17-18H2,1-2H3,(H,34,37)/t19-,24+/m1/s1. The number of rotatable bonds is 7. The van der Waals surface area contributed by atoms with Crippen molar-refractivity contribution < 1.29 is 19.0 Å². The van der Waals surface area contributed by atoms with E-state index in [0.717, 1.165) is 22.7 Å². The van der Waals surface area contributed by atoms with Crippen molar-refractivity contribution in [1.82, 2.24) is 19.6 Å². The molecule has 0 spiro atoms. The second-order valence-corrected chi connectivity index (χ2v) is 11.2. The number of benzene rings is 2. The summed E-state index contributed by atoms with van der Waals surface area (Å²) in [6, 6.07) is 11.8. The van der Waals surface area contributed by atoms with Crippen molar-refractivity contribution in [2.75, 3.05) is 40.5 Å². The first-order chi connectivity index (χ1) is 20.1. The highest BCUT2D eigenvalue weighted by molar-refractivity contribution is 6.19. The van der Waals surface area contributed by atoms with Crippen LogP contribution in [0.4, 0.5) is 0 Å². The number of nitrogens with one attached hydrogen (secondary N) is 1. The number of piperidine rings is 2. The van der Waals surface area contributed by atoms with E-state index in [-0.39, 0.29) is 18.1 Å². The van der Waals surface area contributed by atoms with Crippen LogP contribution in [0.3, 0.4) is 0 Å². The van der Waals surface area contributed by atoms with Crippen LogP contribution < -0.4 is 25.1 Å². The van der Waals surface area contributed by atoms with Gasteiger partial charge < -0.3 is 24.4 Å². The van der Waals surface area contributed by atoms with Crippen molar-refractivity contribution in [2.45, 2.75) is 38.1 Å². The third-order valence-corrected chi connectivity index (χ3v) is 9.03. The number of methoxy groups -OCH3 is 2. The largest absolute Gasteiger partial charge is 0.493 e. The molecule has 7 rings (SSSR count). The molecule has 0 aliphatic carbocycles. The molecule has 212 valence electrons. The third-order valence-electron chi connectivity index (χ3n) is 9.03. The first-order valence-electron chi connectivity index (χ1n) is 14.5. The van der Waals surface area contributed by atoms with E-state index in [9.17, 15) is 9.59 Å². The molecule has 0 saturated carbocycles. The van der Waals surface area contributed by atoms with Crippen molar-refractivity contribution in [3.63, 3.8) is 0 Å². The Morgan fingerprint density at radius 3 is 2.71 bits per heavy atom. The van der Waals surface area contributed by atoms with E-state index in [1.807, 2.05) is 30.3 Å². The van der Waals surface area contributed by atoms with Crippen LogP contribution in [-0.2, 0) is 4.79 Å². The first-order valence-corrected chi connectivity index (χ1v) is 14.5. The molecule has 2 aromatic carbocycles. The Hall–Kier alpha value is -4.11. The van der Waals surface area contributed by atoms with E-state index < -0.39 is 0 Å². The van der Waals surface area contributed by atoms with Gasteiger partial charge in [-0.2, -0.15) is 0 Å². The Bertz CT molecular complexity index is 1830. The molecule has 2 atom stereocenters. The molecule has 2 saturated heterocycles. The Morgan fingerprint density at radius 2 is 1.85 bits per heavy atom. The van der Waals surface area contributed by atoms with Gasteiger partial charge in [-0.1, -0.05) is 6.42 Å². The van der Waals surface area contributed by atoms with Gasteiger partial charge in [0.15, 0.2) is 18.1 Å². The van der Waals surface area contributed by atoms with Crippen molar-refractivity contribution in [3.05, 3.63) is 52.9 Å². The molecule has 3 aromatic heterocycles. The number of amides is 1. The van der Waals surface area contributed by atoms with Gasteiger partial charge in [0.2, 0.25) is 0 Å². The summed E-state index contributed by atoms with van der Waals surface area (Å²) in [5, 5.41) is 6.05. The van der Waals surface area contributed by atoms with Gasteiger partial charge in [-0.25, -0.2) is 0 Å². The number of hydrogen-bond acceptors (Lipinski definition) is 7. The van der Waals surface area contributed by atoms with Crippen molar-refractivity contribution in [3.8, 4) is 17.2 Å². The monoisotopic (exact) mass is 554 g/mol. The van der Waals surface area contributed by atoms with E-state index >= 15 is 0 Å². The second kappa shape index (κ2) is 10.4. The predicted octanol–water partition coefficient (Wildman–Crippen LogP) is 4.37. The minimum atomic E-state index is -0.226. The summed E-state index contributed by atoms with van der Waals surface area (Å²) in [5.74, 6) is 1.74. The molecule has 9 nitrogen and oxygen atoms in total. The predicted molar refractivity (Wildman–Crippen MR) is 159 cm³/mol. The molecule has 41 heavy (non-hydrogen) atoms. The average Bonchev–Trinajstić information content (AvgIpc) is 3.35. The fourth-order valence-corrected chi connectivity index (χ4v) is 7.15. The lowest BCUT2D eigenvalue weighted by atomic mass is 9.83. The van der Waals surface area contributed by atoms with Crippen LogP contribution in [-0.4, -0.2) is 66.7 Å². The van der Waals surface area contributed by atoms with Crippen LogP contribution in [0.2, 0.25) is 0 Å². The topological polar surface area (TPSA) is 94.4 Å². The maximum atomic E-state index is 14.0. The second-order valence-electron chi connectivity index (χ2n) is 11.2. The first kappa shape index (κ1) is 25.8. The number of aromatic nitrogens is 2. The maximum Gasteiger partial charge on any atom is 0.267 e. The zero-order valence-corrected chi connectivity index (χ0v) is 23.4. The molecule has 5 aromatic rings. The normalized spacial score (nSPS) is 19.6. The fourth-order valence-electron chi connectivity index (χ4n) is 7.15. The molecule has 9 heteroatoms. The molecule has 2 aliphatic heterocycles. The van der Waals surface area contributed by atoms with E-state index in [1.54, 1.807) is 23.8 Å². The van der Waals surface area contributed by atoms with Crippen molar-refractivity contribution >= 4 is 44.0 Å². The summed E-state index contributed by atoms with van der Waals surface area (Å²) in [6.07, 6.45) is 7.90. The number of pyridine rings is 2. The van der Waals surface area contributed by atoms with Gasteiger partial charge in [0.1, 0.15) is 5.75 Å². The van der Waals surface area contributed by atoms with E-state index in [2.05, 4.69) is 15.2 Å². The highest BCUT2D eigenvalue weighted by atomic mass is 16.5. The Kier molecular flexibility index (Phi) is 6.54. The number of fused-ring (bicyclic) bond motifs is 6. The molecule has 0 bridgehead atoms. The van der Waals surface area contributed by atoms with E-state index in [0.29, 0.717) is 57.6 Å². The van der Waals surface area contributed by atoms with Crippen LogP contribution in [0.15, 0.2) is 47.4 Å². The summed E-state index contributed by atoms with van der Waals surface area (Å²) < 4.78 is 18.7. The van der Waals surface area contributed by atoms with Crippen LogP contribution in [0.5, 0.6) is 17.2 Å². The van der Waals surface area contributed by atoms with Gasteiger partial charge in [-0.15, -0.1) is 0 Å². The summed E-state index contributed by atoms with van der Waals surface area (Å²) >= 11 is 0. The molecule has 1 N–H and O–H groups in total. The van der Waals surface area contributed by atoms with Gasteiger partial charge in [0.05, 0.1) is 36.2 Å². The molecular weight excluding hydrogens is 520 g/mol. The smallest absolute Gasteiger partial charge is 0.267 e. The molecule has 2 aliphatic rings. The average molecular weight is 555 g/mol. The zero-order chi connectivity index (χ0) is 28.1. The highest BCUT2D eigenvalue weighted by Gasteiger charge is 2.33. The van der Waals surface area contributed by atoms with Gasteiger partial charge in [-0.3, -0.25) is 19.0 Å². The summed E-state index contributed by atoms with van der Waals surface area (Å²) in [5.41, 5.74) is 1.91. The number of carbonyl (C=O) groups is 1. The fraction of sp³-hybridized carbons (Fsp3) is 0.406. The Balaban J connectivity index is 1.19. The number of hydrogen-bond donors (Lipinski definition) is 1. The number of nitrogens with zero attached hydrogens (tertiary/aromatic N) is 3. The molecular formula is C32H34N4O5. The maximum absolute atomic E-state index is 14.0. The van der Waals surface area contributed by atoms with Crippen molar-refractivity contribution in [1.29, 1.82) is 0 Å². The molecule has 2 fully saturated rings. The number of ether oxygens (including phenoxy) is 3. The van der Waals surface area contributed by atoms with Gasteiger partial charge in [0.25, 0.3) is 11.5 Å². The SMILES string of the molecule is COc1ccc2c(c1OC)c(=O)n1c3cc(OCC(=O)NC[C@H]4CCCN5CCCC[C@@H]45)ccc3c3ccnc2c31. The minimum absolute atomic E-state index is 0.0819.